The van der Waals surface area contributed by atoms with Gasteiger partial charge in [-0.25, -0.2) is 9.67 Å². The number of halogens is 3. The van der Waals surface area contributed by atoms with Crippen LogP contribution in [-0.2, 0) is 0 Å². The zero-order valence-electron chi connectivity index (χ0n) is 15.9. The van der Waals surface area contributed by atoms with Crippen molar-refractivity contribution >= 4 is 46.5 Å². The predicted molar refractivity (Wildman–Crippen MR) is 119 cm³/mol. The number of hydrogen-bond acceptors (Lipinski definition) is 4. The van der Waals surface area contributed by atoms with Crippen LogP contribution in [0.3, 0.4) is 0 Å². The number of hydrogen-bond donors (Lipinski definition) is 2. The fourth-order valence-electron chi connectivity index (χ4n) is 2.98. The number of nitrogens with one attached hydrogen (secondary N) is 2. The van der Waals surface area contributed by atoms with Crippen molar-refractivity contribution in [3.8, 4) is 17.1 Å². The van der Waals surface area contributed by atoms with Crippen LogP contribution in [0, 0.1) is 0 Å². The molecule has 0 unspecified atom stereocenters. The molecular weight excluding hydrogens is 465 g/mol. The zero-order chi connectivity index (χ0) is 22.1. The number of nitrogens with zero attached hydrogens (tertiary/aromatic N) is 3. The lowest BCUT2D eigenvalue weighted by molar-refractivity contribution is 0.102. The Morgan fingerprint density at radius 3 is 2.35 bits per heavy atom. The molecule has 2 heterocycles. The normalized spacial score (nSPS) is 10.8. The van der Waals surface area contributed by atoms with Crippen molar-refractivity contribution in [1.82, 2.24) is 19.3 Å². The van der Waals surface area contributed by atoms with Crippen LogP contribution < -0.4 is 15.6 Å². The van der Waals surface area contributed by atoms with Crippen LogP contribution >= 0.6 is 34.8 Å². The second-order valence-corrected chi connectivity index (χ2v) is 7.60. The molecule has 4 rings (SSSR count). The fourth-order valence-corrected chi connectivity index (χ4v) is 3.97. The Labute approximate surface area is 190 Å². The molecule has 11 heteroatoms. The van der Waals surface area contributed by atoms with Gasteiger partial charge in [0.05, 0.1) is 23.5 Å². The summed E-state index contributed by atoms with van der Waals surface area (Å²) in [6.07, 6.45) is 4.51. The van der Waals surface area contributed by atoms with E-state index in [9.17, 15) is 9.59 Å². The molecule has 0 saturated carbocycles. The number of carbonyl (C=O) groups excluding carboxylic acids is 1. The van der Waals surface area contributed by atoms with Crippen LogP contribution in [0.4, 0.5) is 5.82 Å². The minimum Gasteiger partial charge on any atom is -0.497 e. The Bertz CT molecular complexity index is 1290. The van der Waals surface area contributed by atoms with Gasteiger partial charge in [-0.3, -0.25) is 19.3 Å². The maximum atomic E-state index is 13.2. The minimum atomic E-state index is -0.505. The fraction of sp³-hybridized carbons (Fsp3) is 0.0500. The number of imidazole rings is 1. The van der Waals surface area contributed by atoms with E-state index in [-0.39, 0.29) is 27.2 Å². The van der Waals surface area contributed by atoms with Gasteiger partial charge < -0.3 is 10.1 Å². The Kier molecular flexibility index (Phi) is 5.77. The van der Waals surface area contributed by atoms with Crippen LogP contribution in [0.1, 0.15) is 10.4 Å². The second kappa shape index (κ2) is 8.50. The van der Waals surface area contributed by atoms with Crippen LogP contribution in [0.2, 0.25) is 15.1 Å². The highest BCUT2D eigenvalue weighted by Gasteiger charge is 2.22. The molecule has 158 valence electrons. The summed E-state index contributed by atoms with van der Waals surface area (Å²) in [5.74, 6) is 0.304. The molecule has 0 bridgehead atoms. The smallest absolute Gasteiger partial charge is 0.297 e. The molecule has 0 radical (unpaired) electrons. The molecule has 0 atom stereocenters. The summed E-state index contributed by atoms with van der Waals surface area (Å²) in [7, 11) is 1.53. The molecule has 0 fully saturated rings. The van der Waals surface area contributed by atoms with E-state index in [1.807, 2.05) is 0 Å². The largest absolute Gasteiger partial charge is 0.497 e. The first-order valence-corrected chi connectivity index (χ1v) is 9.96. The Morgan fingerprint density at radius 1 is 1.10 bits per heavy atom. The molecule has 2 aromatic heterocycles. The molecule has 1 amide bonds. The topological polar surface area (TPSA) is 93.9 Å². The first kappa shape index (κ1) is 21.0. The highest BCUT2D eigenvalue weighted by molar-refractivity contribution is 6.40. The maximum absolute atomic E-state index is 13.2. The van der Waals surface area contributed by atoms with Gasteiger partial charge in [0, 0.05) is 23.0 Å². The number of anilines is 1. The van der Waals surface area contributed by atoms with E-state index in [1.165, 1.54) is 36.3 Å². The van der Waals surface area contributed by atoms with Gasteiger partial charge in [0.2, 0.25) is 0 Å². The number of aromatic nitrogens is 4. The Hall–Kier alpha value is -3.20. The number of H-pyrrole nitrogens is 1. The number of ether oxygens (including phenoxy) is 1. The summed E-state index contributed by atoms with van der Waals surface area (Å²) in [4.78, 5) is 30.0. The zero-order valence-corrected chi connectivity index (χ0v) is 18.2. The molecular formula is C20H14Cl3N5O3. The van der Waals surface area contributed by atoms with E-state index in [0.29, 0.717) is 16.3 Å². The SMILES string of the molecule is COc1ccc(C(=O)Nc2[nH]n(-c3c(Cl)cc(Cl)cc3Cl)c(=O)c2-n2ccnc2)cc1. The minimum absolute atomic E-state index is 0.126. The number of amides is 1. The molecule has 0 saturated heterocycles. The average Bonchev–Trinajstić information content (AvgIpc) is 3.36. The van der Waals surface area contributed by atoms with Crippen molar-refractivity contribution in [3.63, 3.8) is 0 Å². The highest BCUT2D eigenvalue weighted by Crippen LogP contribution is 2.32. The summed E-state index contributed by atoms with van der Waals surface area (Å²) in [6.45, 7) is 0. The van der Waals surface area contributed by atoms with E-state index in [4.69, 9.17) is 39.5 Å². The molecule has 8 nitrogen and oxygen atoms in total. The van der Waals surface area contributed by atoms with Gasteiger partial charge in [-0.05, 0) is 36.4 Å². The number of aromatic amines is 1. The number of methoxy groups -OCH3 is 1. The third-order valence-electron chi connectivity index (χ3n) is 4.42. The van der Waals surface area contributed by atoms with Crippen LogP contribution in [0.25, 0.3) is 11.4 Å². The van der Waals surface area contributed by atoms with Crippen molar-refractivity contribution in [2.24, 2.45) is 0 Å². The van der Waals surface area contributed by atoms with Gasteiger partial charge in [-0.2, -0.15) is 0 Å². The molecule has 0 aliphatic heterocycles. The first-order chi connectivity index (χ1) is 14.9. The molecule has 0 aliphatic rings. The monoisotopic (exact) mass is 477 g/mol. The van der Waals surface area contributed by atoms with Crippen molar-refractivity contribution in [3.05, 3.63) is 86.1 Å². The molecule has 0 aliphatic carbocycles. The predicted octanol–water partition coefficient (Wildman–Crippen LogP) is 4.57. The number of benzene rings is 2. The molecule has 4 aromatic rings. The lowest BCUT2D eigenvalue weighted by Gasteiger charge is -2.08. The second-order valence-electron chi connectivity index (χ2n) is 6.35. The molecule has 31 heavy (non-hydrogen) atoms. The lowest BCUT2D eigenvalue weighted by atomic mass is 10.2. The summed E-state index contributed by atoms with van der Waals surface area (Å²) in [5, 5.41) is 6.22. The standard InChI is InChI=1S/C20H14Cl3N5O3/c1-31-13-4-2-11(3-5-13)19(29)25-18-17(27-7-6-24-10-27)20(30)28(26-18)16-14(22)8-12(21)9-15(16)23/h2-10,26H,1H3,(H,25,29). The van der Waals surface area contributed by atoms with E-state index >= 15 is 0 Å². The van der Waals surface area contributed by atoms with Gasteiger partial charge in [0.25, 0.3) is 11.5 Å². The third kappa shape index (κ3) is 4.05. The Balaban J connectivity index is 1.81. The summed E-state index contributed by atoms with van der Waals surface area (Å²) in [6, 6.07) is 9.45. The van der Waals surface area contributed by atoms with Gasteiger partial charge in [0.15, 0.2) is 11.5 Å². The van der Waals surface area contributed by atoms with Gasteiger partial charge in [-0.15, -0.1) is 0 Å². The van der Waals surface area contributed by atoms with Crippen molar-refractivity contribution in [2.45, 2.75) is 0 Å². The summed E-state index contributed by atoms with van der Waals surface area (Å²) < 4.78 is 7.71. The number of rotatable bonds is 5. The van der Waals surface area contributed by atoms with Crippen molar-refractivity contribution in [1.29, 1.82) is 0 Å². The van der Waals surface area contributed by atoms with Crippen LogP contribution in [-0.4, -0.2) is 32.3 Å². The maximum Gasteiger partial charge on any atom is 0.297 e. The quantitative estimate of drug-likeness (QED) is 0.439. The van der Waals surface area contributed by atoms with Gasteiger partial charge in [-0.1, -0.05) is 34.8 Å². The van der Waals surface area contributed by atoms with E-state index in [2.05, 4.69) is 15.4 Å². The van der Waals surface area contributed by atoms with E-state index < -0.39 is 11.5 Å². The van der Waals surface area contributed by atoms with Crippen LogP contribution in [0.15, 0.2) is 59.9 Å². The third-order valence-corrected chi connectivity index (χ3v) is 5.22. The van der Waals surface area contributed by atoms with Gasteiger partial charge in [0.1, 0.15) is 11.4 Å². The molecule has 0 spiro atoms. The van der Waals surface area contributed by atoms with Crippen molar-refractivity contribution < 1.29 is 9.53 Å². The summed E-state index contributed by atoms with van der Waals surface area (Å²) in [5.41, 5.74) is 0.188. The number of carbonyl (C=O) groups is 1. The first-order valence-electron chi connectivity index (χ1n) is 8.82. The summed E-state index contributed by atoms with van der Waals surface area (Å²) >= 11 is 18.6. The molecule has 2 aromatic carbocycles. The average molecular weight is 479 g/mol. The molecule has 2 N–H and O–H groups in total. The van der Waals surface area contributed by atoms with E-state index in [0.717, 1.165) is 4.68 Å². The highest BCUT2D eigenvalue weighted by atomic mass is 35.5. The lowest BCUT2D eigenvalue weighted by Crippen LogP contribution is -2.19. The Morgan fingerprint density at radius 2 is 1.77 bits per heavy atom. The van der Waals surface area contributed by atoms with Gasteiger partial charge >= 0.3 is 0 Å². The van der Waals surface area contributed by atoms with Crippen molar-refractivity contribution in [2.75, 3.05) is 12.4 Å². The van der Waals surface area contributed by atoms with E-state index in [1.54, 1.807) is 30.5 Å². The van der Waals surface area contributed by atoms with Crippen LogP contribution in [0.5, 0.6) is 5.75 Å².